The summed E-state index contributed by atoms with van der Waals surface area (Å²) in [4.78, 5) is 24.3. The molecular formula is C15H25NO3. The Bertz CT molecular complexity index is 355. The van der Waals surface area contributed by atoms with Gasteiger partial charge < -0.3 is 10.1 Å². The molecule has 19 heavy (non-hydrogen) atoms. The van der Waals surface area contributed by atoms with Crippen molar-refractivity contribution in [1.29, 1.82) is 0 Å². The van der Waals surface area contributed by atoms with Crippen LogP contribution in [-0.4, -0.2) is 24.5 Å². The molecule has 1 aliphatic carbocycles. The molecule has 1 aliphatic rings. The molecule has 0 saturated heterocycles. The highest BCUT2D eigenvalue weighted by molar-refractivity contribution is 5.98. The van der Waals surface area contributed by atoms with Gasteiger partial charge in [-0.3, -0.25) is 9.59 Å². The molecule has 0 fully saturated rings. The maximum absolute atomic E-state index is 12.3. The molecule has 108 valence electrons. The standard InChI is InChI=1S/C15H25NO3/c1-5-19-14(18)12(15(2,3)4)13(17)16-11-9-7-6-8-10-11/h6-7,11-12H,5,8-10H2,1-4H3,(H,16,17). The van der Waals surface area contributed by atoms with E-state index in [0.717, 1.165) is 19.3 Å². The second kappa shape index (κ2) is 6.73. The number of esters is 1. The normalized spacial score (nSPS) is 20.7. The minimum Gasteiger partial charge on any atom is -0.465 e. The molecule has 0 aromatic rings. The first-order chi connectivity index (χ1) is 8.86. The van der Waals surface area contributed by atoms with Crippen LogP contribution in [0, 0.1) is 11.3 Å². The summed E-state index contributed by atoms with van der Waals surface area (Å²) in [5.41, 5.74) is -0.444. The second-order valence-electron chi connectivity index (χ2n) is 6.04. The lowest BCUT2D eigenvalue weighted by Gasteiger charge is -2.30. The van der Waals surface area contributed by atoms with Crippen LogP contribution in [0.4, 0.5) is 0 Å². The molecule has 0 bridgehead atoms. The first kappa shape index (κ1) is 15.7. The summed E-state index contributed by atoms with van der Waals surface area (Å²) in [6.07, 6.45) is 6.94. The van der Waals surface area contributed by atoms with Crippen molar-refractivity contribution in [3.63, 3.8) is 0 Å². The second-order valence-corrected chi connectivity index (χ2v) is 6.04. The maximum atomic E-state index is 12.3. The summed E-state index contributed by atoms with van der Waals surface area (Å²) < 4.78 is 5.03. The summed E-state index contributed by atoms with van der Waals surface area (Å²) in [5, 5.41) is 2.97. The number of amides is 1. The average molecular weight is 267 g/mol. The highest BCUT2D eigenvalue weighted by Crippen LogP contribution is 2.28. The van der Waals surface area contributed by atoms with Crippen LogP contribution in [0.3, 0.4) is 0 Å². The van der Waals surface area contributed by atoms with Crippen LogP contribution in [-0.2, 0) is 14.3 Å². The van der Waals surface area contributed by atoms with Gasteiger partial charge in [0, 0.05) is 6.04 Å². The molecule has 0 spiro atoms. The zero-order valence-electron chi connectivity index (χ0n) is 12.4. The Morgan fingerprint density at radius 3 is 2.53 bits per heavy atom. The van der Waals surface area contributed by atoms with Gasteiger partial charge in [-0.05, 0) is 31.6 Å². The first-order valence-corrected chi connectivity index (χ1v) is 6.98. The summed E-state index contributed by atoms with van der Waals surface area (Å²) in [5.74, 6) is -1.40. The Morgan fingerprint density at radius 2 is 2.05 bits per heavy atom. The van der Waals surface area contributed by atoms with Crippen molar-refractivity contribution in [2.75, 3.05) is 6.61 Å². The van der Waals surface area contributed by atoms with Crippen molar-refractivity contribution in [2.24, 2.45) is 11.3 Å². The zero-order valence-corrected chi connectivity index (χ0v) is 12.4. The monoisotopic (exact) mass is 267 g/mol. The summed E-state index contributed by atoms with van der Waals surface area (Å²) in [6.45, 7) is 7.70. The predicted molar refractivity (Wildman–Crippen MR) is 74.5 cm³/mol. The number of allylic oxidation sites excluding steroid dienone is 1. The predicted octanol–water partition coefficient (Wildman–Crippen LogP) is 2.44. The van der Waals surface area contributed by atoms with Crippen molar-refractivity contribution in [2.45, 2.75) is 53.0 Å². The summed E-state index contributed by atoms with van der Waals surface area (Å²) >= 11 is 0. The van der Waals surface area contributed by atoms with Gasteiger partial charge in [0.05, 0.1) is 6.61 Å². The van der Waals surface area contributed by atoms with E-state index in [1.807, 2.05) is 20.8 Å². The van der Waals surface area contributed by atoms with Crippen LogP contribution >= 0.6 is 0 Å². The van der Waals surface area contributed by atoms with E-state index in [1.165, 1.54) is 0 Å². The average Bonchev–Trinajstić information content (AvgIpc) is 2.28. The Morgan fingerprint density at radius 1 is 1.37 bits per heavy atom. The lowest BCUT2D eigenvalue weighted by atomic mass is 9.80. The van der Waals surface area contributed by atoms with E-state index in [1.54, 1.807) is 6.92 Å². The largest absolute Gasteiger partial charge is 0.465 e. The number of rotatable bonds is 4. The fourth-order valence-electron chi connectivity index (χ4n) is 2.29. The molecule has 2 unspecified atom stereocenters. The van der Waals surface area contributed by atoms with Crippen LogP contribution in [0.1, 0.15) is 47.0 Å². The van der Waals surface area contributed by atoms with Crippen molar-refractivity contribution in [3.05, 3.63) is 12.2 Å². The van der Waals surface area contributed by atoms with Crippen LogP contribution in [0.2, 0.25) is 0 Å². The molecule has 2 atom stereocenters. The number of carbonyl (C=O) groups excluding carboxylic acids is 2. The van der Waals surface area contributed by atoms with E-state index in [-0.39, 0.29) is 11.9 Å². The quantitative estimate of drug-likeness (QED) is 0.483. The minimum atomic E-state index is -0.752. The highest BCUT2D eigenvalue weighted by Gasteiger charge is 2.39. The molecule has 0 aliphatic heterocycles. The van der Waals surface area contributed by atoms with Gasteiger partial charge in [0.15, 0.2) is 0 Å². The van der Waals surface area contributed by atoms with Crippen LogP contribution < -0.4 is 5.32 Å². The third-order valence-electron chi connectivity index (χ3n) is 3.27. The van der Waals surface area contributed by atoms with Crippen molar-refractivity contribution in [1.82, 2.24) is 5.32 Å². The van der Waals surface area contributed by atoms with Gasteiger partial charge in [0.25, 0.3) is 0 Å². The molecule has 0 radical (unpaired) electrons. The number of hydrogen-bond donors (Lipinski definition) is 1. The summed E-state index contributed by atoms with van der Waals surface area (Å²) in [6, 6.07) is 0.136. The fraction of sp³-hybridized carbons (Fsp3) is 0.733. The smallest absolute Gasteiger partial charge is 0.319 e. The van der Waals surface area contributed by atoms with Gasteiger partial charge in [0.1, 0.15) is 5.92 Å². The van der Waals surface area contributed by atoms with Gasteiger partial charge in [-0.15, -0.1) is 0 Å². The lowest BCUT2D eigenvalue weighted by molar-refractivity contribution is -0.156. The zero-order chi connectivity index (χ0) is 14.5. The van der Waals surface area contributed by atoms with Crippen molar-refractivity contribution >= 4 is 11.9 Å². The molecular weight excluding hydrogens is 242 g/mol. The number of ether oxygens (including phenoxy) is 1. The van der Waals surface area contributed by atoms with Gasteiger partial charge in [0.2, 0.25) is 5.91 Å². The Labute approximate surface area is 115 Å². The van der Waals surface area contributed by atoms with E-state index in [2.05, 4.69) is 17.5 Å². The van der Waals surface area contributed by atoms with Gasteiger partial charge >= 0.3 is 5.97 Å². The van der Waals surface area contributed by atoms with E-state index in [0.29, 0.717) is 6.61 Å². The molecule has 1 N–H and O–H groups in total. The van der Waals surface area contributed by atoms with E-state index >= 15 is 0 Å². The van der Waals surface area contributed by atoms with Gasteiger partial charge in [-0.2, -0.15) is 0 Å². The molecule has 0 aromatic carbocycles. The fourth-order valence-corrected chi connectivity index (χ4v) is 2.29. The molecule has 0 saturated carbocycles. The molecule has 1 amide bonds. The van der Waals surface area contributed by atoms with E-state index in [4.69, 9.17) is 4.74 Å². The molecule has 0 heterocycles. The third-order valence-corrected chi connectivity index (χ3v) is 3.27. The van der Waals surface area contributed by atoms with E-state index in [9.17, 15) is 9.59 Å². The number of hydrogen-bond acceptors (Lipinski definition) is 3. The Balaban J connectivity index is 2.71. The van der Waals surface area contributed by atoms with Crippen molar-refractivity contribution < 1.29 is 14.3 Å². The molecule has 1 rings (SSSR count). The topological polar surface area (TPSA) is 55.4 Å². The number of nitrogens with one attached hydrogen (secondary N) is 1. The van der Waals surface area contributed by atoms with Crippen molar-refractivity contribution in [3.8, 4) is 0 Å². The van der Waals surface area contributed by atoms with Gasteiger partial charge in [-0.25, -0.2) is 0 Å². The molecule has 0 aromatic heterocycles. The maximum Gasteiger partial charge on any atom is 0.319 e. The first-order valence-electron chi connectivity index (χ1n) is 6.98. The van der Waals surface area contributed by atoms with Crippen LogP contribution in [0.5, 0.6) is 0 Å². The van der Waals surface area contributed by atoms with Gasteiger partial charge in [-0.1, -0.05) is 32.9 Å². The lowest BCUT2D eigenvalue weighted by Crippen LogP contribution is -2.47. The Hall–Kier alpha value is -1.32. The minimum absolute atomic E-state index is 0.136. The molecule has 4 heteroatoms. The van der Waals surface area contributed by atoms with Crippen LogP contribution in [0.15, 0.2) is 12.2 Å². The molecule has 4 nitrogen and oxygen atoms in total. The van der Waals surface area contributed by atoms with Crippen LogP contribution in [0.25, 0.3) is 0 Å². The summed E-state index contributed by atoms with van der Waals surface area (Å²) in [7, 11) is 0. The van der Waals surface area contributed by atoms with E-state index < -0.39 is 17.3 Å². The third kappa shape index (κ3) is 4.69. The highest BCUT2D eigenvalue weighted by atomic mass is 16.5. The SMILES string of the molecule is CCOC(=O)C(C(=O)NC1CC=CCC1)C(C)(C)C. The Kier molecular flexibility index (Phi) is 5.58. The number of carbonyl (C=O) groups is 2.